The Morgan fingerprint density at radius 2 is 2.15 bits per heavy atom. The van der Waals surface area contributed by atoms with E-state index in [9.17, 15) is 0 Å². The van der Waals surface area contributed by atoms with Crippen LogP contribution in [0.25, 0.3) is 0 Å². The Morgan fingerprint density at radius 3 is 2.88 bits per heavy atom. The molecule has 2 heterocycles. The van der Waals surface area contributed by atoms with Gasteiger partial charge in [0.05, 0.1) is 13.2 Å². The molecule has 6 heteroatoms. The lowest BCUT2D eigenvalue weighted by Crippen LogP contribution is -2.45. The Kier molecular flexibility index (Phi) is 6.28. The van der Waals surface area contributed by atoms with Gasteiger partial charge in [0.1, 0.15) is 0 Å². The summed E-state index contributed by atoms with van der Waals surface area (Å²) in [6.07, 6.45) is 4.11. The van der Waals surface area contributed by atoms with Crippen molar-refractivity contribution in [3.05, 3.63) is 42.1 Å². The van der Waals surface area contributed by atoms with Crippen molar-refractivity contribution in [1.29, 1.82) is 0 Å². The van der Waals surface area contributed by atoms with E-state index in [4.69, 9.17) is 9.47 Å². The molecule has 0 aliphatic carbocycles. The van der Waals surface area contributed by atoms with Crippen LogP contribution in [0.15, 0.2) is 36.5 Å². The third-order valence-electron chi connectivity index (χ3n) is 4.52. The van der Waals surface area contributed by atoms with E-state index in [0.29, 0.717) is 6.04 Å². The SMILES string of the molecule is COc1cccc(CNC2CCCN(c3cccnn3)C2)c1OC(C)C. The number of anilines is 1. The first-order chi connectivity index (χ1) is 12.7. The fourth-order valence-electron chi connectivity index (χ4n) is 3.30. The van der Waals surface area contributed by atoms with Gasteiger partial charge in [-0.2, -0.15) is 5.10 Å². The van der Waals surface area contributed by atoms with Gasteiger partial charge in [0.25, 0.3) is 0 Å². The highest BCUT2D eigenvalue weighted by Gasteiger charge is 2.21. The van der Waals surface area contributed by atoms with Crippen LogP contribution in [0.5, 0.6) is 11.5 Å². The normalized spacial score (nSPS) is 17.4. The van der Waals surface area contributed by atoms with Gasteiger partial charge in [0, 0.05) is 37.4 Å². The van der Waals surface area contributed by atoms with Crippen molar-refractivity contribution in [1.82, 2.24) is 15.5 Å². The van der Waals surface area contributed by atoms with Crippen LogP contribution in [0.3, 0.4) is 0 Å². The van der Waals surface area contributed by atoms with Crippen LogP contribution in [-0.2, 0) is 6.54 Å². The monoisotopic (exact) mass is 356 g/mol. The largest absolute Gasteiger partial charge is 0.493 e. The van der Waals surface area contributed by atoms with Gasteiger partial charge in [-0.25, -0.2) is 0 Å². The number of nitrogens with one attached hydrogen (secondary N) is 1. The summed E-state index contributed by atoms with van der Waals surface area (Å²) in [7, 11) is 1.68. The van der Waals surface area contributed by atoms with Crippen molar-refractivity contribution in [3.63, 3.8) is 0 Å². The van der Waals surface area contributed by atoms with Gasteiger partial charge in [-0.3, -0.25) is 0 Å². The average Bonchev–Trinajstić information content (AvgIpc) is 2.67. The van der Waals surface area contributed by atoms with Crippen LogP contribution in [-0.4, -0.2) is 42.5 Å². The lowest BCUT2D eigenvalue weighted by atomic mass is 10.0. The summed E-state index contributed by atoms with van der Waals surface area (Å²) < 4.78 is 11.5. The summed E-state index contributed by atoms with van der Waals surface area (Å²) >= 11 is 0. The molecule has 1 aromatic carbocycles. The number of benzene rings is 1. The molecule has 1 atom stereocenters. The van der Waals surface area contributed by atoms with Crippen molar-refractivity contribution >= 4 is 5.82 Å². The molecule has 1 unspecified atom stereocenters. The minimum absolute atomic E-state index is 0.104. The maximum atomic E-state index is 6.00. The number of hydrogen-bond donors (Lipinski definition) is 1. The quantitative estimate of drug-likeness (QED) is 0.823. The molecule has 0 spiro atoms. The van der Waals surface area contributed by atoms with Crippen molar-refractivity contribution in [2.45, 2.75) is 45.4 Å². The second kappa shape index (κ2) is 8.85. The second-order valence-electron chi connectivity index (χ2n) is 6.86. The van der Waals surface area contributed by atoms with Crippen LogP contribution in [0, 0.1) is 0 Å². The van der Waals surface area contributed by atoms with Crippen molar-refractivity contribution in [3.8, 4) is 11.5 Å². The van der Waals surface area contributed by atoms with Gasteiger partial charge in [0.15, 0.2) is 17.3 Å². The van der Waals surface area contributed by atoms with Crippen LogP contribution < -0.4 is 19.7 Å². The molecule has 140 valence electrons. The van der Waals surface area contributed by atoms with Gasteiger partial charge in [-0.15, -0.1) is 5.10 Å². The first-order valence-electron chi connectivity index (χ1n) is 9.26. The Balaban J connectivity index is 1.65. The predicted molar refractivity (Wildman–Crippen MR) is 103 cm³/mol. The molecular formula is C20H28N4O2. The molecule has 1 aromatic heterocycles. The molecule has 26 heavy (non-hydrogen) atoms. The molecule has 2 aromatic rings. The highest BCUT2D eigenvalue weighted by atomic mass is 16.5. The molecule has 1 saturated heterocycles. The molecule has 1 aliphatic rings. The molecule has 6 nitrogen and oxygen atoms in total. The molecule has 0 saturated carbocycles. The van der Waals surface area contributed by atoms with Gasteiger partial charge in [-0.05, 0) is 44.9 Å². The van der Waals surface area contributed by atoms with Crippen molar-refractivity contribution in [2.75, 3.05) is 25.1 Å². The van der Waals surface area contributed by atoms with E-state index in [1.807, 2.05) is 38.1 Å². The number of rotatable bonds is 7. The fourth-order valence-corrected chi connectivity index (χ4v) is 3.30. The Labute approximate surface area is 155 Å². The highest BCUT2D eigenvalue weighted by molar-refractivity contribution is 5.46. The molecule has 1 fully saturated rings. The molecule has 1 aliphatic heterocycles. The Hall–Kier alpha value is -2.34. The van der Waals surface area contributed by atoms with E-state index in [1.165, 1.54) is 0 Å². The van der Waals surface area contributed by atoms with Crippen LogP contribution >= 0.6 is 0 Å². The van der Waals surface area contributed by atoms with Crippen molar-refractivity contribution < 1.29 is 9.47 Å². The van der Waals surface area contributed by atoms with Gasteiger partial charge < -0.3 is 19.7 Å². The number of aromatic nitrogens is 2. The maximum absolute atomic E-state index is 6.00. The summed E-state index contributed by atoms with van der Waals surface area (Å²) in [5.41, 5.74) is 1.12. The number of piperidine rings is 1. The summed E-state index contributed by atoms with van der Waals surface area (Å²) in [6, 6.07) is 10.4. The number of para-hydroxylation sites is 1. The smallest absolute Gasteiger partial charge is 0.166 e. The van der Waals surface area contributed by atoms with Crippen LogP contribution in [0.2, 0.25) is 0 Å². The molecule has 0 bridgehead atoms. The third kappa shape index (κ3) is 4.64. The zero-order chi connectivity index (χ0) is 18.4. The van der Waals surface area contributed by atoms with E-state index < -0.39 is 0 Å². The fraction of sp³-hybridized carbons (Fsp3) is 0.500. The molecule has 1 N–H and O–H groups in total. The van der Waals surface area contributed by atoms with Crippen molar-refractivity contribution in [2.24, 2.45) is 0 Å². The van der Waals surface area contributed by atoms with Crippen LogP contribution in [0.4, 0.5) is 5.82 Å². The maximum Gasteiger partial charge on any atom is 0.166 e. The van der Waals surface area contributed by atoms with E-state index in [0.717, 1.165) is 55.4 Å². The lowest BCUT2D eigenvalue weighted by molar-refractivity contribution is 0.226. The third-order valence-corrected chi connectivity index (χ3v) is 4.52. The van der Waals surface area contributed by atoms with Gasteiger partial charge >= 0.3 is 0 Å². The predicted octanol–water partition coefficient (Wildman–Crippen LogP) is 3.03. The zero-order valence-electron chi connectivity index (χ0n) is 15.8. The molecule has 3 rings (SSSR count). The number of nitrogens with zero attached hydrogens (tertiary/aromatic N) is 3. The first-order valence-corrected chi connectivity index (χ1v) is 9.26. The van der Waals surface area contributed by atoms with Crippen LogP contribution in [0.1, 0.15) is 32.3 Å². The summed E-state index contributed by atoms with van der Waals surface area (Å²) in [4.78, 5) is 2.30. The standard InChI is InChI=1S/C20H28N4O2/c1-15(2)26-20-16(7-4-9-18(20)25-3)13-21-17-8-6-12-24(14-17)19-10-5-11-22-23-19/h4-5,7,9-11,15,17,21H,6,8,12-14H2,1-3H3. The number of ether oxygens (including phenoxy) is 2. The molecule has 0 radical (unpaired) electrons. The van der Waals surface area contributed by atoms with Gasteiger partial charge in [0.2, 0.25) is 0 Å². The molecular weight excluding hydrogens is 328 g/mol. The summed E-state index contributed by atoms with van der Waals surface area (Å²) in [5, 5.41) is 11.9. The number of methoxy groups -OCH3 is 1. The minimum Gasteiger partial charge on any atom is -0.493 e. The van der Waals surface area contributed by atoms with E-state index in [-0.39, 0.29) is 6.10 Å². The lowest BCUT2D eigenvalue weighted by Gasteiger charge is -2.34. The minimum atomic E-state index is 0.104. The van der Waals surface area contributed by atoms with E-state index in [1.54, 1.807) is 13.3 Å². The Morgan fingerprint density at radius 1 is 1.27 bits per heavy atom. The molecule has 0 amide bonds. The first kappa shape index (κ1) is 18.5. The summed E-state index contributed by atoms with van der Waals surface area (Å²) in [5.74, 6) is 2.56. The second-order valence-corrected chi connectivity index (χ2v) is 6.86. The number of hydrogen-bond acceptors (Lipinski definition) is 6. The van der Waals surface area contributed by atoms with Gasteiger partial charge in [-0.1, -0.05) is 12.1 Å². The van der Waals surface area contributed by atoms with E-state index >= 15 is 0 Å². The Bertz CT molecular complexity index is 693. The average molecular weight is 356 g/mol. The highest BCUT2D eigenvalue weighted by Crippen LogP contribution is 2.32. The van der Waals surface area contributed by atoms with E-state index in [2.05, 4.69) is 26.5 Å². The zero-order valence-corrected chi connectivity index (χ0v) is 15.8. The summed E-state index contributed by atoms with van der Waals surface area (Å²) in [6.45, 7) is 6.77. The topological polar surface area (TPSA) is 59.5 Å².